The highest BCUT2D eigenvalue weighted by molar-refractivity contribution is 7.99. The maximum Gasteiger partial charge on any atom is 0.335 e. The Morgan fingerprint density at radius 2 is 2.33 bits per heavy atom. The summed E-state index contributed by atoms with van der Waals surface area (Å²) in [5.74, 6) is 0.342. The van der Waals surface area contributed by atoms with Gasteiger partial charge >= 0.3 is 5.97 Å². The highest BCUT2D eigenvalue weighted by atomic mass is 32.2. The monoisotopic (exact) mass is 230 g/mol. The van der Waals surface area contributed by atoms with Gasteiger partial charge in [-0.15, -0.1) is 0 Å². The standard InChI is InChI=1S/C11H18O3S/c1-8(2)11(12)14-10-7-15-9(3)5-4-6-13-10/h9-10H,1,4-7H2,2-3H3. The Hall–Kier alpha value is -0.480. The van der Waals surface area contributed by atoms with Crippen LogP contribution in [0.5, 0.6) is 0 Å². The summed E-state index contributed by atoms with van der Waals surface area (Å²) in [4.78, 5) is 11.3. The van der Waals surface area contributed by atoms with E-state index in [1.54, 1.807) is 18.7 Å². The van der Waals surface area contributed by atoms with E-state index in [4.69, 9.17) is 9.47 Å². The number of thioether (sulfide) groups is 1. The third-order valence-electron chi connectivity index (χ3n) is 2.16. The summed E-state index contributed by atoms with van der Waals surface area (Å²) in [7, 11) is 0. The molecule has 0 saturated carbocycles. The van der Waals surface area contributed by atoms with Crippen LogP contribution in [-0.2, 0) is 14.3 Å². The summed E-state index contributed by atoms with van der Waals surface area (Å²) in [6.45, 7) is 8.03. The molecule has 0 aromatic rings. The molecule has 0 N–H and O–H groups in total. The molecule has 1 heterocycles. The molecule has 0 radical (unpaired) electrons. The third kappa shape index (κ3) is 4.71. The van der Waals surface area contributed by atoms with Gasteiger partial charge in [-0.1, -0.05) is 13.5 Å². The molecular weight excluding hydrogens is 212 g/mol. The van der Waals surface area contributed by atoms with E-state index in [2.05, 4.69) is 13.5 Å². The van der Waals surface area contributed by atoms with Gasteiger partial charge in [0.05, 0.1) is 12.4 Å². The van der Waals surface area contributed by atoms with Gasteiger partial charge < -0.3 is 9.47 Å². The van der Waals surface area contributed by atoms with Crippen molar-refractivity contribution in [3.05, 3.63) is 12.2 Å². The largest absolute Gasteiger partial charge is 0.431 e. The van der Waals surface area contributed by atoms with Gasteiger partial charge in [-0.25, -0.2) is 4.79 Å². The SMILES string of the molecule is C=C(C)C(=O)OC1CSC(C)CCCO1. The van der Waals surface area contributed by atoms with Crippen LogP contribution in [0.4, 0.5) is 0 Å². The van der Waals surface area contributed by atoms with Crippen molar-refractivity contribution in [3.8, 4) is 0 Å². The molecule has 0 bridgehead atoms. The number of hydrogen-bond donors (Lipinski definition) is 0. The first-order valence-electron chi connectivity index (χ1n) is 5.19. The fourth-order valence-corrected chi connectivity index (χ4v) is 2.23. The average molecular weight is 230 g/mol. The van der Waals surface area contributed by atoms with Crippen LogP contribution in [0.15, 0.2) is 12.2 Å². The van der Waals surface area contributed by atoms with Gasteiger partial charge in [0, 0.05) is 10.8 Å². The zero-order valence-corrected chi connectivity index (χ0v) is 10.1. The van der Waals surface area contributed by atoms with Crippen molar-refractivity contribution < 1.29 is 14.3 Å². The quantitative estimate of drug-likeness (QED) is 0.539. The number of carbonyl (C=O) groups excluding carboxylic acids is 1. The van der Waals surface area contributed by atoms with Crippen LogP contribution in [-0.4, -0.2) is 29.9 Å². The molecular formula is C11H18O3S. The van der Waals surface area contributed by atoms with Crippen molar-refractivity contribution in [2.45, 2.75) is 38.2 Å². The highest BCUT2D eigenvalue weighted by Gasteiger charge is 2.19. The van der Waals surface area contributed by atoms with Gasteiger partial charge in [-0.2, -0.15) is 11.8 Å². The summed E-state index contributed by atoms with van der Waals surface area (Å²) < 4.78 is 10.6. The van der Waals surface area contributed by atoms with Crippen molar-refractivity contribution in [1.82, 2.24) is 0 Å². The lowest BCUT2D eigenvalue weighted by Crippen LogP contribution is -2.27. The predicted octanol–water partition coefficient (Wildman–Crippen LogP) is 2.36. The minimum absolute atomic E-state index is 0.367. The molecule has 0 amide bonds. The number of carbonyl (C=O) groups is 1. The van der Waals surface area contributed by atoms with Gasteiger partial charge in [0.15, 0.2) is 0 Å². The average Bonchev–Trinajstić information content (AvgIpc) is 2.16. The van der Waals surface area contributed by atoms with Crippen molar-refractivity contribution in [1.29, 1.82) is 0 Å². The predicted molar refractivity (Wildman–Crippen MR) is 61.8 cm³/mol. The van der Waals surface area contributed by atoms with Crippen molar-refractivity contribution in [2.24, 2.45) is 0 Å². The molecule has 1 aliphatic heterocycles. The molecule has 1 fully saturated rings. The van der Waals surface area contributed by atoms with E-state index >= 15 is 0 Å². The molecule has 0 aliphatic carbocycles. The zero-order valence-electron chi connectivity index (χ0n) is 9.32. The number of hydrogen-bond acceptors (Lipinski definition) is 4. The van der Waals surface area contributed by atoms with Crippen molar-refractivity contribution in [2.75, 3.05) is 12.4 Å². The first kappa shape index (κ1) is 12.6. The van der Waals surface area contributed by atoms with E-state index in [1.165, 1.54) is 0 Å². The first-order chi connectivity index (χ1) is 7.09. The number of esters is 1. The van der Waals surface area contributed by atoms with Crippen molar-refractivity contribution in [3.63, 3.8) is 0 Å². The smallest absolute Gasteiger partial charge is 0.335 e. The Bertz CT molecular complexity index is 240. The Morgan fingerprint density at radius 3 is 3.00 bits per heavy atom. The second-order valence-electron chi connectivity index (χ2n) is 3.77. The number of rotatable bonds is 2. The van der Waals surface area contributed by atoms with E-state index in [1.807, 2.05) is 0 Å². The number of ether oxygens (including phenoxy) is 2. The molecule has 2 unspecified atom stereocenters. The molecule has 4 heteroatoms. The Morgan fingerprint density at radius 1 is 1.60 bits per heavy atom. The fraction of sp³-hybridized carbons (Fsp3) is 0.727. The molecule has 1 saturated heterocycles. The Labute approximate surface area is 95.2 Å². The molecule has 3 nitrogen and oxygen atoms in total. The van der Waals surface area contributed by atoms with Gasteiger partial charge in [0.1, 0.15) is 0 Å². The third-order valence-corrected chi connectivity index (χ3v) is 3.43. The molecule has 2 atom stereocenters. The second kappa shape index (κ2) is 6.18. The van der Waals surface area contributed by atoms with E-state index in [0.717, 1.165) is 12.8 Å². The van der Waals surface area contributed by atoms with Crippen LogP contribution in [0.2, 0.25) is 0 Å². The van der Waals surface area contributed by atoms with Crippen LogP contribution in [0.1, 0.15) is 26.7 Å². The second-order valence-corrected chi connectivity index (χ2v) is 5.24. The van der Waals surface area contributed by atoms with E-state index in [-0.39, 0.29) is 5.97 Å². The molecule has 86 valence electrons. The van der Waals surface area contributed by atoms with Gasteiger partial charge in [0.25, 0.3) is 0 Å². The van der Waals surface area contributed by atoms with Crippen LogP contribution >= 0.6 is 11.8 Å². The molecule has 15 heavy (non-hydrogen) atoms. The van der Waals surface area contributed by atoms with Crippen molar-refractivity contribution >= 4 is 17.7 Å². The molecule has 1 aliphatic rings. The molecule has 0 aromatic carbocycles. The summed E-state index contributed by atoms with van der Waals surface area (Å²) in [6, 6.07) is 0. The molecule has 0 aromatic heterocycles. The van der Waals surface area contributed by atoms with Crippen LogP contribution < -0.4 is 0 Å². The lowest BCUT2D eigenvalue weighted by molar-refractivity contribution is -0.169. The minimum atomic E-state index is -0.415. The first-order valence-corrected chi connectivity index (χ1v) is 6.24. The van der Waals surface area contributed by atoms with E-state index < -0.39 is 6.29 Å². The lowest BCUT2D eigenvalue weighted by Gasteiger charge is -2.23. The highest BCUT2D eigenvalue weighted by Crippen LogP contribution is 2.21. The molecule has 1 rings (SSSR count). The summed E-state index contributed by atoms with van der Waals surface area (Å²) >= 11 is 1.78. The van der Waals surface area contributed by atoms with Gasteiger partial charge in [-0.05, 0) is 19.8 Å². The maximum absolute atomic E-state index is 11.3. The van der Waals surface area contributed by atoms with E-state index in [0.29, 0.717) is 23.2 Å². The van der Waals surface area contributed by atoms with Gasteiger partial charge in [-0.3, -0.25) is 0 Å². The lowest BCUT2D eigenvalue weighted by atomic mass is 10.2. The molecule has 0 spiro atoms. The summed E-state index contributed by atoms with van der Waals surface area (Å²) in [5.41, 5.74) is 0.415. The topological polar surface area (TPSA) is 35.5 Å². The Kier molecular flexibility index (Phi) is 5.19. The van der Waals surface area contributed by atoms with Crippen LogP contribution in [0.25, 0.3) is 0 Å². The normalized spacial score (nSPS) is 27.6. The van der Waals surface area contributed by atoms with E-state index in [9.17, 15) is 4.79 Å². The minimum Gasteiger partial charge on any atom is -0.431 e. The Balaban J connectivity index is 2.39. The summed E-state index contributed by atoms with van der Waals surface area (Å²) in [5, 5.41) is 0.611. The van der Waals surface area contributed by atoms with Crippen LogP contribution in [0, 0.1) is 0 Å². The zero-order chi connectivity index (χ0) is 11.3. The van der Waals surface area contributed by atoms with Gasteiger partial charge in [0.2, 0.25) is 6.29 Å². The fourth-order valence-electron chi connectivity index (χ4n) is 1.25. The maximum atomic E-state index is 11.3. The summed E-state index contributed by atoms with van der Waals surface area (Å²) in [6.07, 6.45) is 1.77. The van der Waals surface area contributed by atoms with Crippen LogP contribution in [0.3, 0.4) is 0 Å².